The van der Waals surface area contributed by atoms with Gasteiger partial charge in [-0.3, -0.25) is 4.79 Å². The van der Waals surface area contributed by atoms with E-state index >= 15 is 0 Å². The van der Waals surface area contributed by atoms with Gasteiger partial charge >= 0.3 is 0 Å². The molecule has 1 aromatic carbocycles. The summed E-state index contributed by atoms with van der Waals surface area (Å²) in [5.41, 5.74) is 6.81. The number of hydrogen-bond donors (Lipinski definition) is 2. The van der Waals surface area contributed by atoms with Crippen molar-refractivity contribution < 1.29 is 4.79 Å². The summed E-state index contributed by atoms with van der Waals surface area (Å²) >= 11 is 0. The van der Waals surface area contributed by atoms with Crippen LogP contribution in [0.5, 0.6) is 0 Å². The molecule has 1 aromatic rings. The molecule has 3 N–H and O–H groups in total. The zero-order chi connectivity index (χ0) is 12.4. The second-order valence-electron chi connectivity index (χ2n) is 5.26. The molecule has 0 atom stereocenters. The van der Waals surface area contributed by atoms with Gasteiger partial charge in [0.2, 0.25) is 5.91 Å². The lowest BCUT2D eigenvalue weighted by molar-refractivity contribution is 0.100. The van der Waals surface area contributed by atoms with Crippen molar-refractivity contribution >= 4 is 11.6 Å². The molecule has 1 aliphatic rings. The molecule has 17 heavy (non-hydrogen) atoms. The van der Waals surface area contributed by atoms with Crippen LogP contribution in [0.3, 0.4) is 0 Å². The van der Waals surface area contributed by atoms with Crippen molar-refractivity contribution in [3.8, 4) is 0 Å². The number of rotatable bonds is 4. The fourth-order valence-electron chi connectivity index (χ4n) is 2.32. The summed E-state index contributed by atoms with van der Waals surface area (Å²) in [4.78, 5) is 11.1. The van der Waals surface area contributed by atoms with Gasteiger partial charge in [0.1, 0.15) is 0 Å². The van der Waals surface area contributed by atoms with Gasteiger partial charge in [-0.25, -0.2) is 0 Å². The second kappa shape index (κ2) is 4.78. The highest BCUT2D eigenvalue weighted by Crippen LogP contribution is 2.35. The molecule has 3 heteroatoms. The number of hydrogen-bond acceptors (Lipinski definition) is 2. The Bertz CT molecular complexity index is 408. The summed E-state index contributed by atoms with van der Waals surface area (Å²) in [6.07, 6.45) is 2.44. The SMILES string of the molecule is CC(C)C1CC(Nc2cccc(C(N)=O)c2)C1. The zero-order valence-electron chi connectivity index (χ0n) is 10.4. The average molecular weight is 232 g/mol. The molecule has 0 bridgehead atoms. The van der Waals surface area contributed by atoms with Crippen LogP contribution in [0.1, 0.15) is 37.0 Å². The molecule has 0 radical (unpaired) electrons. The van der Waals surface area contributed by atoms with Crippen LogP contribution in [-0.4, -0.2) is 11.9 Å². The minimum absolute atomic E-state index is 0.373. The van der Waals surface area contributed by atoms with Crippen LogP contribution in [-0.2, 0) is 0 Å². The first kappa shape index (κ1) is 12.0. The molecule has 1 saturated carbocycles. The number of nitrogens with two attached hydrogens (primary N) is 1. The minimum atomic E-state index is -0.373. The highest BCUT2D eigenvalue weighted by Gasteiger charge is 2.30. The number of primary amides is 1. The summed E-state index contributed by atoms with van der Waals surface area (Å²) in [7, 11) is 0. The fraction of sp³-hybridized carbons (Fsp3) is 0.500. The lowest BCUT2D eigenvalue weighted by atomic mass is 9.73. The average Bonchev–Trinajstić information content (AvgIpc) is 2.22. The Kier molecular flexibility index (Phi) is 3.36. The zero-order valence-corrected chi connectivity index (χ0v) is 10.4. The molecule has 0 heterocycles. The van der Waals surface area contributed by atoms with E-state index in [0.29, 0.717) is 11.6 Å². The Morgan fingerprint density at radius 1 is 1.41 bits per heavy atom. The predicted molar refractivity (Wildman–Crippen MR) is 69.9 cm³/mol. The second-order valence-corrected chi connectivity index (χ2v) is 5.26. The van der Waals surface area contributed by atoms with E-state index < -0.39 is 0 Å². The van der Waals surface area contributed by atoms with E-state index in [4.69, 9.17) is 5.73 Å². The van der Waals surface area contributed by atoms with E-state index in [1.54, 1.807) is 6.07 Å². The lowest BCUT2D eigenvalue weighted by Crippen LogP contribution is -2.37. The summed E-state index contributed by atoms with van der Waals surface area (Å²) in [6.45, 7) is 4.54. The number of benzene rings is 1. The minimum Gasteiger partial charge on any atom is -0.382 e. The quantitative estimate of drug-likeness (QED) is 0.838. The van der Waals surface area contributed by atoms with Crippen LogP contribution < -0.4 is 11.1 Å². The van der Waals surface area contributed by atoms with Gasteiger partial charge in [0.15, 0.2) is 0 Å². The van der Waals surface area contributed by atoms with E-state index in [1.807, 2.05) is 18.2 Å². The topological polar surface area (TPSA) is 55.1 Å². The standard InChI is InChI=1S/C14H20N2O/c1-9(2)11-7-13(8-11)16-12-5-3-4-10(6-12)14(15)17/h3-6,9,11,13,16H,7-8H2,1-2H3,(H2,15,17). The van der Waals surface area contributed by atoms with Gasteiger partial charge in [-0.1, -0.05) is 19.9 Å². The summed E-state index contributed by atoms with van der Waals surface area (Å²) in [5.74, 6) is 1.24. The van der Waals surface area contributed by atoms with E-state index in [2.05, 4.69) is 19.2 Å². The van der Waals surface area contributed by atoms with Crippen LogP contribution in [0, 0.1) is 11.8 Å². The van der Waals surface area contributed by atoms with Crippen molar-refractivity contribution in [2.45, 2.75) is 32.7 Å². The Morgan fingerprint density at radius 3 is 2.71 bits per heavy atom. The van der Waals surface area contributed by atoms with Crippen LogP contribution >= 0.6 is 0 Å². The molecule has 1 aliphatic carbocycles. The normalized spacial score (nSPS) is 23.2. The van der Waals surface area contributed by atoms with Crippen molar-refractivity contribution in [3.05, 3.63) is 29.8 Å². The molecule has 3 nitrogen and oxygen atoms in total. The largest absolute Gasteiger partial charge is 0.382 e. The van der Waals surface area contributed by atoms with Crippen molar-refractivity contribution in [2.75, 3.05) is 5.32 Å². The Balaban J connectivity index is 1.92. The van der Waals surface area contributed by atoms with Gasteiger partial charge < -0.3 is 11.1 Å². The van der Waals surface area contributed by atoms with Crippen molar-refractivity contribution in [2.24, 2.45) is 17.6 Å². The van der Waals surface area contributed by atoms with Gasteiger partial charge in [0.05, 0.1) is 0 Å². The number of nitrogens with one attached hydrogen (secondary N) is 1. The van der Waals surface area contributed by atoms with Gasteiger partial charge in [-0.05, 0) is 42.9 Å². The smallest absolute Gasteiger partial charge is 0.248 e. The lowest BCUT2D eigenvalue weighted by Gasteiger charge is -2.39. The molecule has 0 aliphatic heterocycles. The van der Waals surface area contributed by atoms with Gasteiger partial charge in [-0.2, -0.15) is 0 Å². The monoisotopic (exact) mass is 232 g/mol. The summed E-state index contributed by atoms with van der Waals surface area (Å²) in [5, 5.41) is 3.45. The van der Waals surface area contributed by atoms with Gasteiger partial charge in [0, 0.05) is 17.3 Å². The Labute approximate surface area is 102 Å². The molecule has 0 spiro atoms. The number of anilines is 1. The third kappa shape index (κ3) is 2.78. The van der Waals surface area contributed by atoms with Crippen molar-refractivity contribution in [1.82, 2.24) is 0 Å². The summed E-state index contributed by atoms with van der Waals surface area (Å²) in [6, 6.07) is 7.96. The maximum absolute atomic E-state index is 11.1. The first-order valence-corrected chi connectivity index (χ1v) is 6.22. The van der Waals surface area contributed by atoms with Crippen LogP contribution in [0.15, 0.2) is 24.3 Å². The Hall–Kier alpha value is -1.51. The molecule has 0 saturated heterocycles. The highest BCUT2D eigenvalue weighted by molar-refractivity contribution is 5.93. The van der Waals surface area contributed by atoms with E-state index in [-0.39, 0.29) is 5.91 Å². The van der Waals surface area contributed by atoms with E-state index in [9.17, 15) is 4.79 Å². The first-order valence-electron chi connectivity index (χ1n) is 6.22. The molecule has 0 unspecified atom stereocenters. The van der Waals surface area contributed by atoms with Crippen LogP contribution in [0.25, 0.3) is 0 Å². The molecule has 0 aromatic heterocycles. The number of carbonyl (C=O) groups excluding carboxylic acids is 1. The highest BCUT2D eigenvalue weighted by atomic mass is 16.1. The third-order valence-corrected chi connectivity index (χ3v) is 3.64. The van der Waals surface area contributed by atoms with E-state index in [0.717, 1.165) is 17.5 Å². The van der Waals surface area contributed by atoms with Crippen LogP contribution in [0.2, 0.25) is 0 Å². The predicted octanol–water partition coefficient (Wildman–Crippen LogP) is 2.63. The number of amides is 1. The molecule has 1 fully saturated rings. The van der Waals surface area contributed by atoms with Crippen molar-refractivity contribution in [3.63, 3.8) is 0 Å². The summed E-state index contributed by atoms with van der Waals surface area (Å²) < 4.78 is 0. The maximum atomic E-state index is 11.1. The Morgan fingerprint density at radius 2 is 2.12 bits per heavy atom. The molecule has 2 rings (SSSR count). The third-order valence-electron chi connectivity index (χ3n) is 3.64. The number of carbonyl (C=O) groups is 1. The molecule has 1 amide bonds. The molecular weight excluding hydrogens is 212 g/mol. The fourth-order valence-corrected chi connectivity index (χ4v) is 2.32. The van der Waals surface area contributed by atoms with Crippen LogP contribution in [0.4, 0.5) is 5.69 Å². The van der Waals surface area contributed by atoms with E-state index in [1.165, 1.54) is 12.8 Å². The maximum Gasteiger partial charge on any atom is 0.248 e. The first-order chi connectivity index (χ1) is 8.06. The van der Waals surface area contributed by atoms with Gasteiger partial charge in [-0.15, -0.1) is 0 Å². The van der Waals surface area contributed by atoms with Gasteiger partial charge in [0.25, 0.3) is 0 Å². The van der Waals surface area contributed by atoms with Crippen molar-refractivity contribution in [1.29, 1.82) is 0 Å². The molecule has 92 valence electrons. The molecular formula is C14H20N2O.